The first kappa shape index (κ1) is 15.3. The van der Waals surface area contributed by atoms with Crippen LogP contribution in [0.5, 0.6) is 0 Å². The van der Waals surface area contributed by atoms with Crippen molar-refractivity contribution in [2.75, 3.05) is 27.2 Å². The number of rotatable bonds is 5. The van der Waals surface area contributed by atoms with Gasteiger partial charge in [0.25, 0.3) is 0 Å². The molecule has 0 N–H and O–H groups in total. The van der Waals surface area contributed by atoms with Gasteiger partial charge in [-0.2, -0.15) is 0 Å². The Morgan fingerprint density at radius 3 is 2.77 bits per heavy atom. The second-order valence-electron chi connectivity index (χ2n) is 6.73. The lowest BCUT2D eigenvalue weighted by Crippen LogP contribution is -2.18. The Hall–Kier alpha value is -1.61. The van der Waals surface area contributed by atoms with Gasteiger partial charge < -0.3 is 9.64 Å². The summed E-state index contributed by atoms with van der Waals surface area (Å²) >= 11 is 0. The van der Waals surface area contributed by atoms with Crippen molar-refractivity contribution in [3.8, 4) is 0 Å². The molecule has 1 aliphatic carbocycles. The van der Waals surface area contributed by atoms with Gasteiger partial charge in [0, 0.05) is 6.54 Å². The van der Waals surface area contributed by atoms with Gasteiger partial charge in [0.1, 0.15) is 6.10 Å². The zero-order valence-corrected chi connectivity index (χ0v) is 14.1. The maximum absolute atomic E-state index is 5.93. The average Bonchev–Trinajstić information content (AvgIpc) is 3.07. The molecule has 0 bridgehead atoms. The molecule has 0 saturated heterocycles. The highest BCUT2D eigenvalue weighted by molar-refractivity contribution is 5.95. The van der Waals surface area contributed by atoms with Crippen LogP contribution in [0.4, 0.5) is 0 Å². The molecule has 2 aliphatic rings. The topological polar surface area (TPSA) is 24.8 Å². The summed E-state index contributed by atoms with van der Waals surface area (Å²) in [6.07, 6.45) is 2.41. The summed E-state index contributed by atoms with van der Waals surface area (Å²) in [5.74, 6) is 1.17. The first-order valence-corrected chi connectivity index (χ1v) is 8.22. The van der Waals surface area contributed by atoms with Gasteiger partial charge in [-0.15, -0.1) is 0 Å². The fourth-order valence-corrected chi connectivity index (χ4v) is 3.44. The first-order chi connectivity index (χ1) is 10.6. The third-order valence-corrected chi connectivity index (χ3v) is 4.58. The average molecular weight is 298 g/mol. The third kappa shape index (κ3) is 2.95. The minimum atomic E-state index is 0.222. The van der Waals surface area contributed by atoms with E-state index in [9.17, 15) is 0 Å². The van der Waals surface area contributed by atoms with Gasteiger partial charge in [0.05, 0.1) is 12.5 Å². The minimum Gasteiger partial charge on any atom is -0.476 e. The smallest absolute Gasteiger partial charge is 0.191 e. The van der Waals surface area contributed by atoms with E-state index in [0.717, 1.165) is 31.8 Å². The number of benzene rings is 1. The molecular weight excluding hydrogens is 272 g/mol. The monoisotopic (exact) mass is 298 g/mol. The summed E-state index contributed by atoms with van der Waals surface area (Å²) < 4.78 is 5.93. The summed E-state index contributed by atoms with van der Waals surface area (Å²) in [6, 6.07) is 8.79. The van der Waals surface area contributed by atoms with Crippen LogP contribution in [-0.4, -0.2) is 44.1 Å². The minimum absolute atomic E-state index is 0.222. The van der Waals surface area contributed by atoms with Crippen LogP contribution in [0.25, 0.3) is 5.57 Å². The second-order valence-corrected chi connectivity index (χ2v) is 6.73. The van der Waals surface area contributed by atoms with E-state index in [-0.39, 0.29) is 12.0 Å². The molecule has 0 spiro atoms. The number of ether oxygens (including phenoxy) is 1. The predicted octanol–water partition coefficient (Wildman–Crippen LogP) is 3.40. The summed E-state index contributed by atoms with van der Waals surface area (Å²) in [7, 11) is 4.27. The summed E-state index contributed by atoms with van der Waals surface area (Å²) in [5.41, 5.74) is 5.85. The summed E-state index contributed by atoms with van der Waals surface area (Å²) in [6.45, 7) is 6.21. The molecule has 3 nitrogen and oxygen atoms in total. The fourth-order valence-electron chi connectivity index (χ4n) is 3.44. The van der Waals surface area contributed by atoms with Crippen molar-refractivity contribution < 1.29 is 4.74 Å². The van der Waals surface area contributed by atoms with Crippen LogP contribution in [0.1, 0.15) is 31.4 Å². The van der Waals surface area contributed by atoms with E-state index in [1.54, 1.807) is 5.57 Å². The SMILES string of the molecule is CC1CN=C(C(C)C2=C(CCN(C)C)Cc3ccccc32)O1. The standard InChI is InChI=1S/C19H26N2O/c1-13-12-20-19(22-13)14(2)18-16(9-10-21(3)4)11-15-7-5-6-8-17(15)18/h5-8,13-14H,9-12H2,1-4H3. The highest BCUT2D eigenvalue weighted by Crippen LogP contribution is 2.40. The molecule has 1 aromatic carbocycles. The van der Waals surface area contributed by atoms with Gasteiger partial charge in [0.15, 0.2) is 5.90 Å². The largest absolute Gasteiger partial charge is 0.476 e. The summed E-state index contributed by atoms with van der Waals surface area (Å²) in [4.78, 5) is 6.87. The lowest BCUT2D eigenvalue weighted by molar-refractivity contribution is 0.236. The number of fused-ring (bicyclic) bond motifs is 1. The quantitative estimate of drug-likeness (QED) is 0.832. The highest BCUT2D eigenvalue weighted by Gasteiger charge is 2.30. The van der Waals surface area contributed by atoms with Crippen molar-refractivity contribution in [1.29, 1.82) is 0 Å². The van der Waals surface area contributed by atoms with Gasteiger partial charge in [-0.3, -0.25) is 4.99 Å². The van der Waals surface area contributed by atoms with Crippen molar-refractivity contribution in [3.63, 3.8) is 0 Å². The van der Waals surface area contributed by atoms with Crippen molar-refractivity contribution in [3.05, 3.63) is 41.0 Å². The van der Waals surface area contributed by atoms with Crippen LogP contribution in [0.15, 0.2) is 34.8 Å². The summed E-state index contributed by atoms with van der Waals surface area (Å²) in [5, 5.41) is 0. The molecular formula is C19H26N2O. The molecule has 0 aromatic heterocycles. The Bertz CT molecular complexity index is 616. The molecule has 3 heteroatoms. The van der Waals surface area contributed by atoms with Crippen LogP contribution in [0, 0.1) is 5.92 Å². The number of aliphatic imine (C=N–C) groups is 1. The van der Waals surface area contributed by atoms with E-state index in [2.05, 4.69) is 62.1 Å². The number of hydrogen-bond donors (Lipinski definition) is 0. The highest BCUT2D eigenvalue weighted by atomic mass is 16.5. The van der Waals surface area contributed by atoms with Gasteiger partial charge in [-0.1, -0.05) is 29.8 Å². The molecule has 2 atom stereocenters. The van der Waals surface area contributed by atoms with E-state index in [4.69, 9.17) is 4.74 Å². The Morgan fingerprint density at radius 2 is 2.09 bits per heavy atom. The molecule has 22 heavy (non-hydrogen) atoms. The zero-order valence-electron chi connectivity index (χ0n) is 14.1. The van der Waals surface area contributed by atoms with Gasteiger partial charge in [-0.05, 0) is 57.5 Å². The molecule has 0 saturated carbocycles. The predicted molar refractivity (Wildman–Crippen MR) is 92.3 cm³/mol. The Kier molecular flexibility index (Phi) is 4.34. The van der Waals surface area contributed by atoms with Crippen molar-refractivity contribution in [1.82, 2.24) is 4.90 Å². The molecule has 0 amide bonds. The van der Waals surface area contributed by atoms with E-state index in [1.165, 1.54) is 16.7 Å². The molecule has 1 aliphatic heterocycles. The molecule has 0 fully saturated rings. The number of hydrogen-bond acceptors (Lipinski definition) is 3. The van der Waals surface area contributed by atoms with Crippen LogP contribution < -0.4 is 0 Å². The van der Waals surface area contributed by atoms with Crippen LogP contribution in [0.3, 0.4) is 0 Å². The van der Waals surface area contributed by atoms with E-state index in [0.29, 0.717) is 0 Å². The maximum Gasteiger partial charge on any atom is 0.191 e. The Morgan fingerprint density at radius 1 is 1.32 bits per heavy atom. The van der Waals surface area contributed by atoms with E-state index < -0.39 is 0 Å². The second kappa shape index (κ2) is 6.25. The zero-order chi connectivity index (χ0) is 15.7. The van der Waals surface area contributed by atoms with Crippen molar-refractivity contribution >= 4 is 11.5 Å². The number of nitrogens with zero attached hydrogens (tertiary/aromatic N) is 2. The molecule has 0 radical (unpaired) electrons. The van der Waals surface area contributed by atoms with E-state index >= 15 is 0 Å². The van der Waals surface area contributed by atoms with E-state index in [1.807, 2.05) is 0 Å². The molecule has 1 heterocycles. The molecule has 118 valence electrons. The van der Waals surface area contributed by atoms with Crippen LogP contribution in [-0.2, 0) is 11.2 Å². The normalized spacial score (nSPS) is 21.9. The molecule has 3 rings (SSSR count). The Balaban J connectivity index is 1.92. The molecule has 1 aromatic rings. The Labute approximate surface area is 133 Å². The van der Waals surface area contributed by atoms with Gasteiger partial charge >= 0.3 is 0 Å². The first-order valence-electron chi connectivity index (χ1n) is 8.22. The lowest BCUT2D eigenvalue weighted by atomic mass is 9.92. The van der Waals surface area contributed by atoms with Crippen molar-refractivity contribution in [2.24, 2.45) is 10.9 Å². The van der Waals surface area contributed by atoms with Gasteiger partial charge in [-0.25, -0.2) is 0 Å². The van der Waals surface area contributed by atoms with Crippen molar-refractivity contribution in [2.45, 2.75) is 32.8 Å². The fraction of sp³-hybridized carbons (Fsp3) is 0.526. The maximum atomic E-state index is 5.93. The van der Waals surface area contributed by atoms with Crippen LogP contribution in [0.2, 0.25) is 0 Å². The van der Waals surface area contributed by atoms with Crippen LogP contribution >= 0.6 is 0 Å². The lowest BCUT2D eigenvalue weighted by Gasteiger charge is -2.19. The van der Waals surface area contributed by atoms with Gasteiger partial charge in [0.2, 0.25) is 0 Å². The molecule has 2 unspecified atom stereocenters. The third-order valence-electron chi connectivity index (χ3n) is 4.58.